The lowest BCUT2D eigenvalue weighted by Gasteiger charge is -2.21. The van der Waals surface area contributed by atoms with Crippen molar-refractivity contribution in [2.75, 3.05) is 13.2 Å². The molecule has 1 atom stereocenters. The van der Waals surface area contributed by atoms with Crippen LogP contribution in [0.5, 0.6) is 0 Å². The Hall–Kier alpha value is -2.24. The summed E-state index contributed by atoms with van der Waals surface area (Å²) in [5.41, 5.74) is 0.672. The van der Waals surface area contributed by atoms with Crippen LogP contribution in [0, 0.1) is 0 Å². The fourth-order valence-electron chi connectivity index (χ4n) is 3.81. The molecule has 0 spiro atoms. The van der Waals surface area contributed by atoms with E-state index in [4.69, 9.17) is 27.9 Å². The number of hydrogen-bond acceptors (Lipinski definition) is 6. The quantitative estimate of drug-likeness (QED) is 0.441. The van der Waals surface area contributed by atoms with Gasteiger partial charge in [0.2, 0.25) is 10.0 Å². The van der Waals surface area contributed by atoms with E-state index in [0.29, 0.717) is 28.4 Å². The standard InChI is InChI=1S/C22H21Cl2N3O5S2/c1-2-32-20(28)13-26-17-10-7-15(24)12-19(17)33-22(26)25-21(29)18-4-3-11-27(18)34(30,31)16-8-5-14(23)6-9-16/h5-10,12,18H,2-4,11,13H2,1H3. The van der Waals surface area contributed by atoms with E-state index in [-0.39, 0.29) is 29.4 Å². The largest absolute Gasteiger partial charge is 0.465 e. The van der Waals surface area contributed by atoms with Gasteiger partial charge in [-0.2, -0.15) is 9.30 Å². The van der Waals surface area contributed by atoms with E-state index in [0.717, 1.165) is 4.70 Å². The normalized spacial score (nSPS) is 17.4. The predicted octanol–water partition coefficient (Wildman–Crippen LogP) is 3.85. The Morgan fingerprint density at radius 2 is 1.85 bits per heavy atom. The van der Waals surface area contributed by atoms with Gasteiger partial charge in [-0.25, -0.2) is 8.42 Å². The molecule has 4 rings (SSSR count). The van der Waals surface area contributed by atoms with Crippen LogP contribution in [-0.2, 0) is 30.9 Å². The summed E-state index contributed by atoms with van der Waals surface area (Å²) < 4.78 is 34.9. The second kappa shape index (κ2) is 10.2. The molecule has 0 radical (unpaired) electrons. The summed E-state index contributed by atoms with van der Waals surface area (Å²) >= 11 is 13.2. The molecule has 1 fully saturated rings. The van der Waals surface area contributed by atoms with Crippen LogP contribution >= 0.6 is 34.5 Å². The molecule has 1 unspecified atom stereocenters. The molecule has 1 saturated heterocycles. The first kappa shape index (κ1) is 24.9. The Morgan fingerprint density at radius 3 is 2.56 bits per heavy atom. The van der Waals surface area contributed by atoms with Crippen molar-refractivity contribution >= 4 is 66.7 Å². The van der Waals surface area contributed by atoms with Gasteiger partial charge in [0, 0.05) is 16.6 Å². The van der Waals surface area contributed by atoms with Gasteiger partial charge in [-0.3, -0.25) is 9.59 Å². The zero-order valence-electron chi connectivity index (χ0n) is 18.1. The van der Waals surface area contributed by atoms with E-state index >= 15 is 0 Å². The van der Waals surface area contributed by atoms with E-state index in [1.807, 2.05) is 0 Å². The number of sulfonamides is 1. The first-order chi connectivity index (χ1) is 16.2. The summed E-state index contributed by atoms with van der Waals surface area (Å²) in [6, 6.07) is 10.0. The van der Waals surface area contributed by atoms with Crippen molar-refractivity contribution in [1.29, 1.82) is 0 Å². The van der Waals surface area contributed by atoms with Gasteiger partial charge in [0.05, 0.1) is 21.7 Å². The lowest BCUT2D eigenvalue weighted by atomic mass is 10.2. The fraction of sp³-hybridized carbons (Fsp3) is 0.318. The van der Waals surface area contributed by atoms with Gasteiger partial charge < -0.3 is 9.30 Å². The van der Waals surface area contributed by atoms with Crippen LogP contribution in [0.15, 0.2) is 52.4 Å². The number of fused-ring (bicyclic) bond motifs is 1. The summed E-state index contributed by atoms with van der Waals surface area (Å²) in [7, 11) is -3.91. The van der Waals surface area contributed by atoms with Crippen LogP contribution in [0.2, 0.25) is 10.0 Å². The number of halogens is 2. The molecule has 2 aromatic carbocycles. The van der Waals surface area contributed by atoms with Crippen molar-refractivity contribution < 1.29 is 22.7 Å². The monoisotopic (exact) mass is 541 g/mol. The Bertz CT molecular complexity index is 1410. The van der Waals surface area contributed by atoms with Gasteiger partial charge in [0.1, 0.15) is 12.6 Å². The Labute approximate surface area is 210 Å². The number of hydrogen-bond donors (Lipinski definition) is 0. The highest BCUT2D eigenvalue weighted by Gasteiger charge is 2.39. The zero-order valence-corrected chi connectivity index (χ0v) is 21.3. The average molecular weight is 542 g/mol. The van der Waals surface area contributed by atoms with E-state index in [1.165, 1.54) is 39.9 Å². The van der Waals surface area contributed by atoms with Crippen LogP contribution in [0.3, 0.4) is 0 Å². The summed E-state index contributed by atoms with van der Waals surface area (Å²) in [4.78, 5) is 30.0. The molecule has 34 heavy (non-hydrogen) atoms. The molecular formula is C22H21Cl2N3O5S2. The molecule has 180 valence electrons. The SMILES string of the molecule is CCOC(=O)Cn1c(=NC(=O)C2CCCN2S(=O)(=O)c2ccc(Cl)cc2)sc2cc(Cl)ccc21. The highest BCUT2D eigenvalue weighted by atomic mass is 35.5. The van der Waals surface area contributed by atoms with Crippen LogP contribution in [-0.4, -0.2) is 48.4 Å². The highest BCUT2D eigenvalue weighted by molar-refractivity contribution is 7.89. The number of nitrogens with zero attached hydrogens (tertiary/aromatic N) is 3. The molecular weight excluding hydrogens is 521 g/mol. The van der Waals surface area contributed by atoms with Gasteiger partial charge >= 0.3 is 5.97 Å². The number of amides is 1. The molecule has 0 aliphatic carbocycles. The second-order valence-corrected chi connectivity index (χ2v) is 11.3. The molecule has 1 aromatic heterocycles. The number of ether oxygens (including phenoxy) is 1. The third-order valence-electron chi connectivity index (χ3n) is 5.35. The molecule has 0 bridgehead atoms. The first-order valence-corrected chi connectivity index (χ1v) is 13.5. The number of aromatic nitrogens is 1. The van der Waals surface area contributed by atoms with E-state index in [2.05, 4.69) is 4.99 Å². The van der Waals surface area contributed by atoms with Crippen molar-refractivity contribution in [1.82, 2.24) is 8.87 Å². The molecule has 0 saturated carbocycles. The molecule has 12 heteroatoms. The smallest absolute Gasteiger partial charge is 0.326 e. The van der Waals surface area contributed by atoms with E-state index < -0.39 is 27.9 Å². The maximum atomic E-state index is 13.2. The molecule has 1 aliphatic rings. The van der Waals surface area contributed by atoms with Crippen molar-refractivity contribution in [3.05, 3.63) is 57.3 Å². The van der Waals surface area contributed by atoms with Gasteiger partial charge in [0.15, 0.2) is 4.80 Å². The minimum atomic E-state index is -3.91. The van der Waals surface area contributed by atoms with Crippen molar-refractivity contribution in [2.45, 2.75) is 37.2 Å². The van der Waals surface area contributed by atoms with Gasteiger partial charge in [0.25, 0.3) is 5.91 Å². The third kappa shape index (κ3) is 5.06. The average Bonchev–Trinajstić information content (AvgIpc) is 3.40. The van der Waals surface area contributed by atoms with Gasteiger partial charge in [-0.1, -0.05) is 34.5 Å². The third-order valence-corrected chi connectivity index (χ3v) is 8.80. The number of carbonyl (C=O) groups excluding carboxylic acids is 2. The number of rotatable bonds is 6. The van der Waals surface area contributed by atoms with Crippen molar-refractivity contribution in [3.8, 4) is 0 Å². The molecule has 0 N–H and O–H groups in total. The lowest BCUT2D eigenvalue weighted by molar-refractivity contribution is -0.143. The molecule has 8 nitrogen and oxygen atoms in total. The first-order valence-electron chi connectivity index (χ1n) is 10.5. The summed E-state index contributed by atoms with van der Waals surface area (Å²) in [6.07, 6.45) is 0.882. The molecule has 3 aromatic rings. The highest BCUT2D eigenvalue weighted by Crippen LogP contribution is 2.28. The summed E-state index contributed by atoms with van der Waals surface area (Å²) in [5.74, 6) is -1.07. The predicted molar refractivity (Wildman–Crippen MR) is 130 cm³/mol. The van der Waals surface area contributed by atoms with Crippen LogP contribution < -0.4 is 4.80 Å². The Kier molecular flexibility index (Phi) is 7.44. The van der Waals surface area contributed by atoms with E-state index in [9.17, 15) is 18.0 Å². The number of benzene rings is 2. The van der Waals surface area contributed by atoms with Crippen molar-refractivity contribution in [2.24, 2.45) is 4.99 Å². The minimum absolute atomic E-state index is 0.0606. The van der Waals surface area contributed by atoms with Crippen LogP contribution in [0.25, 0.3) is 10.2 Å². The zero-order chi connectivity index (χ0) is 24.5. The Morgan fingerprint density at radius 1 is 1.15 bits per heavy atom. The second-order valence-electron chi connectivity index (χ2n) is 7.57. The number of thiazole rings is 1. The Balaban J connectivity index is 1.72. The summed E-state index contributed by atoms with van der Waals surface area (Å²) in [6.45, 7) is 2.00. The van der Waals surface area contributed by atoms with E-state index in [1.54, 1.807) is 29.7 Å². The molecule has 1 aliphatic heterocycles. The maximum Gasteiger partial charge on any atom is 0.326 e. The fourth-order valence-corrected chi connectivity index (χ4v) is 6.89. The maximum absolute atomic E-state index is 13.2. The van der Waals surface area contributed by atoms with Gasteiger partial charge in [-0.05, 0) is 62.2 Å². The lowest BCUT2D eigenvalue weighted by Crippen LogP contribution is -2.40. The summed E-state index contributed by atoms with van der Waals surface area (Å²) in [5, 5.41) is 0.921. The van der Waals surface area contributed by atoms with Gasteiger partial charge in [-0.15, -0.1) is 0 Å². The van der Waals surface area contributed by atoms with Crippen LogP contribution in [0.4, 0.5) is 0 Å². The number of esters is 1. The minimum Gasteiger partial charge on any atom is -0.465 e. The topological polar surface area (TPSA) is 98.0 Å². The number of carbonyl (C=O) groups is 2. The molecule has 2 heterocycles. The van der Waals surface area contributed by atoms with Crippen LogP contribution in [0.1, 0.15) is 19.8 Å². The van der Waals surface area contributed by atoms with Crippen molar-refractivity contribution in [3.63, 3.8) is 0 Å². The molecule has 1 amide bonds.